The van der Waals surface area contributed by atoms with E-state index in [2.05, 4.69) is 0 Å². The first-order chi connectivity index (χ1) is 8.70. The quantitative estimate of drug-likeness (QED) is 0.891. The number of aliphatic hydroxyl groups is 1. The van der Waals surface area contributed by atoms with Crippen molar-refractivity contribution in [3.05, 3.63) is 65.2 Å². The second-order valence-electron chi connectivity index (χ2n) is 4.43. The topological polar surface area (TPSA) is 29.5 Å². The van der Waals surface area contributed by atoms with E-state index in [-0.39, 0.29) is 0 Å². The third-order valence-electron chi connectivity index (χ3n) is 3.11. The van der Waals surface area contributed by atoms with Gasteiger partial charge in [0.25, 0.3) is 0 Å². The third kappa shape index (κ3) is 2.90. The average Bonchev–Trinajstić information content (AvgIpc) is 2.39. The molecule has 0 fully saturated rings. The molecule has 0 aliphatic carbocycles. The summed E-state index contributed by atoms with van der Waals surface area (Å²) in [5.41, 5.74) is 3.15. The number of hydrogen-bond donors (Lipinski definition) is 1. The van der Waals surface area contributed by atoms with Crippen molar-refractivity contribution >= 4 is 0 Å². The molecular weight excluding hydrogens is 224 g/mol. The Morgan fingerprint density at radius 2 is 1.83 bits per heavy atom. The van der Waals surface area contributed by atoms with Crippen LogP contribution < -0.4 is 4.74 Å². The van der Waals surface area contributed by atoms with Crippen LogP contribution in [0.5, 0.6) is 5.75 Å². The van der Waals surface area contributed by atoms with Gasteiger partial charge in [0.15, 0.2) is 0 Å². The molecule has 0 aromatic heterocycles. The van der Waals surface area contributed by atoms with Gasteiger partial charge in [-0.1, -0.05) is 36.4 Å². The van der Waals surface area contributed by atoms with Crippen molar-refractivity contribution in [2.24, 2.45) is 0 Å². The van der Waals surface area contributed by atoms with Gasteiger partial charge in [0.2, 0.25) is 0 Å². The fourth-order valence-electron chi connectivity index (χ4n) is 2.10. The molecule has 1 unspecified atom stereocenters. The van der Waals surface area contributed by atoms with Gasteiger partial charge in [-0.15, -0.1) is 0 Å². The van der Waals surface area contributed by atoms with Crippen molar-refractivity contribution in [3.63, 3.8) is 0 Å². The van der Waals surface area contributed by atoms with E-state index in [1.54, 1.807) is 7.11 Å². The zero-order chi connectivity index (χ0) is 13.0. The van der Waals surface area contributed by atoms with Gasteiger partial charge in [0.05, 0.1) is 13.2 Å². The van der Waals surface area contributed by atoms with E-state index in [4.69, 9.17) is 4.74 Å². The summed E-state index contributed by atoms with van der Waals surface area (Å²) in [6, 6.07) is 15.8. The average molecular weight is 242 g/mol. The minimum Gasteiger partial charge on any atom is -0.497 e. The molecule has 0 saturated heterocycles. The maximum Gasteiger partial charge on any atom is 0.119 e. The summed E-state index contributed by atoms with van der Waals surface area (Å²) in [6.45, 7) is 1.99. The predicted octanol–water partition coefficient (Wildman–Crippen LogP) is 3.28. The highest BCUT2D eigenvalue weighted by atomic mass is 16.5. The lowest BCUT2D eigenvalue weighted by atomic mass is 9.97. The van der Waals surface area contributed by atoms with Crippen LogP contribution in [0.25, 0.3) is 0 Å². The molecule has 0 aliphatic rings. The van der Waals surface area contributed by atoms with E-state index in [0.29, 0.717) is 6.42 Å². The summed E-state index contributed by atoms with van der Waals surface area (Å²) >= 11 is 0. The predicted molar refractivity (Wildman–Crippen MR) is 72.8 cm³/mol. The van der Waals surface area contributed by atoms with Gasteiger partial charge >= 0.3 is 0 Å². The Balaban J connectivity index is 2.16. The SMILES string of the molecule is COc1ccc(C(O)Cc2ccccc2)c(C)c1. The van der Waals surface area contributed by atoms with E-state index in [1.807, 2.05) is 55.5 Å². The van der Waals surface area contributed by atoms with Crippen LogP contribution in [0, 0.1) is 6.92 Å². The summed E-state index contributed by atoms with van der Waals surface area (Å²) in [6.07, 6.45) is 0.159. The Labute approximate surface area is 108 Å². The van der Waals surface area contributed by atoms with E-state index < -0.39 is 6.10 Å². The Morgan fingerprint density at radius 3 is 2.44 bits per heavy atom. The fourth-order valence-corrected chi connectivity index (χ4v) is 2.10. The summed E-state index contributed by atoms with van der Waals surface area (Å²) in [4.78, 5) is 0. The molecule has 0 radical (unpaired) electrons. The fraction of sp³-hybridized carbons (Fsp3) is 0.250. The van der Waals surface area contributed by atoms with Crippen LogP contribution in [0.4, 0.5) is 0 Å². The summed E-state index contributed by atoms with van der Waals surface area (Å²) < 4.78 is 5.17. The van der Waals surface area contributed by atoms with Crippen LogP contribution in [-0.2, 0) is 6.42 Å². The minimum absolute atomic E-state index is 0.474. The lowest BCUT2D eigenvalue weighted by molar-refractivity contribution is 0.177. The molecule has 2 heteroatoms. The van der Waals surface area contributed by atoms with Crippen molar-refractivity contribution in [1.82, 2.24) is 0 Å². The molecule has 1 N–H and O–H groups in total. The first-order valence-electron chi connectivity index (χ1n) is 6.07. The monoisotopic (exact) mass is 242 g/mol. The van der Waals surface area contributed by atoms with Gasteiger partial charge in [0.1, 0.15) is 5.75 Å². The number of methoxy groups -OCH3 is 1. The van der Waals surface area contributed by atoms with Crippen LogP contribution >= 0.6 is 0 Å². The number of rotatable bonds is 4. The molecule has 0 amide bonds. The van der Waals surface area contributed by atoms with Crippen LogP contribution in [0.3, 0.4) is 0 Å². The molecule has 2 rings (SSSR count). The van der Waals surface area contributed by atoms with E-state index in [9.17, 15) is 5.11 Å². The van der Waals surface area contributed by atoms with Crippen molar-refractivity contribution < 1.29 is 9.84 Å². The first kappa shape index (κ1) is 12.7. The molecule has 2 nitrogen and oxygen atoms in total. The Bertz CT molecular complexity index is 506. The summed E-state index contributed by atoms with van der Waals surface area (Å²) in [5, 5.41) is 10.3. The number of hydrogen-bond acceptors (Lipinski definition) is 2. The zero-order valence-electron chi connectivity index (χ0n) is 10.8. The van der Waals surface area contributed by atoms with E-state index >= 15 is 0 Å². The number of ether oxygens (including phenoxy) is 1. The maximum atomic E-state index is 10.3. The molecule has 0 aliphatic heterocycles. The smallest absolute Gasteiger partial charge is 0.119 e. The number of aliphatic hydroxyl groups excluding tert-OH is 1. The van der Waals surface area contributed by atoms with E-state index in [0.717, 1.165) is 22.4 Å². The second kappa shape index (κ2) is 5.69. The van der Waals surface area contributed by atoms with Crippen molar-refractivity contribution in [1.29, 1.82) is 0 Å². The van der Waals surface area contributed by atoms with Gasteiger partial charge in [-0.25, -0.2) is 0 Å². The zero-order valence-corrected chi connectivity index (χ0v) is 10.8. The van der Waals surface area contributed by atoms with Crippen LogP contribution in [0.15, 0.2) is 48.5 Å². The largest absolute Gasteiger partial charge is 0.497 e. The summed E-state index contributed by atoms with van der Waals surface area (Å²) in [7, 11) is 1.65. The third-order valence-corrected chi connectivity index (χ3v) is 3.11. The molecule has 2 aromatic carbocycles. The van der Waals surface area contributed by atoms with Crippen molar-refractivity contribution in [2.45, 2.75) is 19.4 Å². The second-order valence-corrected chi connectivity index (χ2v) is 4.43. The minimum atomic E-state index is -0.474. The van der Waals surface area contributed by atoms with Crippen LogP contribution in [0.2, 0.25) is 0 Å². The standard InChI is InChI=1S/C16H18O2/c1-12-10-14(18-2)8-9-15(12)16(17)11-13-6-4-3-5-7-13/h3-10,16-17H,11H2,1-2H3. The number of benzene rings is 2. The molecule has 0 heterocycles. The van der Waals surface area contributed by atoms with Gasteiger partial charge in [-0.2, -0.15) is 0 Å². The molecule has 94 valence electrons. The van der Waals surface area contributed by atoms with Crippen molar-refractivity contribution in [3.8, 4) is 5.75 Å². The molecule has 2 aromatic rings. The lowest BCUT2D eigenvalue weighted by Gasteiger charge is -2.14. The normalized spacial score (nSPS) is 12.2. The first-order valence-corrected chi connectivity index (χ1v) is 6.07. The van der Waals surface area contributed by atoms with Crippen LogP contribution in [0.1, 0.15) is 22.8 Å². The van der Waals surface area contributed by atoms with Gasteiger partial charge in [0, 0.05) is 6.42 Å². The molecule has 0 bridgehead atoms. The molecule has 0 saturated carbocycles. The van der Waals surface area contributed by atoms with Gasteiger partial charge < -0.3 is 9.84 Å². The van der Waals surface area contributed by atoms with Gasteiger partial charge in [-0.3, -0.25) is 0 Å². The van der Waals surface area contributed by atoms with Crippen molar-refractivity contribution in [2.75, 3.05) is 7.11 Å². The molecule has 1 atom stereocenters. The van der Waals surface area contributed by atoms with Gasteiger partial charge in [-0.05, 0) is 35.7 Å². The molecule has 18 heavy (non-hydrogen) atoms. The van der Waals surface area contributed by atoms with E-state index in [1.165, 1.54) is 0 Å². The highest BCUT2D eigenvalue weighted by molar-refractivity contribution is 5.36. The highest BCUT2D eigenvalue weighted by Crippen LogP contribution is 2.25. The number of aryl methyl sites for hydroxylation is 1. The molecular formula is C16H18O2. The summed E-state index contributed by atoms with van der Waals surface area (Å²) in [5.74, 6) is 0.822. The maximum absolute atomic E-state index is 10.3. The lowest BCUT2D eigenvalue weighted by Crippen LogP contribution is -2.04. The Morgan fingerprint density at radius 1 is 1.11 bits per heavy atom. The molecule has 0 spiro atoms. The highest BCUT2D eigenvalue weighted by Gasteiger charge is 2.11. The van der Waals surface area contributed by atoms with Crippen LogP contribution in [-0.4, -0.2) is 12.2 Å². The Kier molecular flexibility index (Phi) is 4.00. The Hall–Kier alpha value is -1.80.